The molecule has 2 atom stereocenters. The molecule has 2 aromatic heterocycles. The highest BCUT2D eigenvalue weighted by atomic mass is 19.4. The summed E-state index contributed by atoms with van der Waals surface area (Å²) in [5.74, 6) is 0.264. The molecule has 1 saturated carbocycles. The van der Waals surface area contributed by atoms with E-state index in [-0.39, 0.29) is 22.9 Å². The molecule has 0 spiro atoms. The van der Waals surface area contributed by atoms with Crippen LogP contribution in [0.25, 0.3) is 11.0 Å². The van der Waals surface area contributed by atoms with E-state index in [0.717, 1.165) is 30.8 Å². The predicted octanol–water partition coefficient (Wildman–Crippen LogP) is 8.17. The smallest absolute Gasteiger partial charge is 0.484 e. The maximum atomic E-state index is 13.2. The number of rotatable bonds is 9. The SMILES string of the molecule is C[C@@H]1C[C@H](n2c(Nc3ccc(OC(F)(F)F)cc3)nc3cc(OCC(=O)NCc4ncccc4C(F)(F)F)ccc32)CC(C)(C)C1. The molecule has 1 aliphatic carbocycles. The molecule has 0 aliphatic heterocycles. The largest absolute Gasteiger partial charge is 0.573 e. The summed E-state index contributed by atoms with van der Waals surface area (Å²) in [6.07, 6.45) is -5.35. The Morgan fingerprint density at radius 2 is 1.74 bits per heavy atom. The van der Waals surface area contributed by atoms with Gasteiger partial charge in [0.05, 0.1) is 28.8 Å². The van der Waals surface area contributed by atoms with Crippen LogP contribution in [0.4, 0.5) is 38.0 Å². The van der Waals surface area contributed by atoms with E-state index in [1.165, 1.54) is 36.5 Å². The van der Waals surface area contributed by atoms with Crippen molar-refractivity contribution in [2.75, 3.05) is 11.9 Å². The number of aromatic nitrogens is 3. The van der Waals surface area contributed by atoms with Crippen LogP contribution in [-0.4, -0.2) is 33.4 Å². The fourth-order valence-corrected chi connectivity index (χ4v) is 6.21. The topological polar surface area (TPSA) is 90.3 Å². The number of carbonyl (C=O) groups is 1. The van der Waals surface area contributed by atoms with Gasteiger partial charge in [0.1, 0.15) is 11.5 Å². The number of benzene rings is 2. The van der Waals surface area contributed by atoms with E-state index in [2.05, 4.69) is 45.7 Å². The monoisotopic (exact) mass is 649 g/mol. The van der Waals surface area contributed by atoms with Gasteiger partial charge in [0.25, 0.3) is 5.91 Å². The Morgan fingerprint density at radius 3 is 2.41 bits per heavy atom. The van der Waals surface area contributed by atoms with Gasteiger partial charge in [0, 0.05) is 24.0 Å². The average molecular weight is 650 g/mol. The summed E-state index contributed by atoms with van der Waals surface area (Å²) in [5.41, 5.74) is 0.683. The molecule has 4 aromatic rings. The predicted molar refractivity (Wildman–Crippen MR) is 159 cm³/mol. The fraction of sp³-hybridized carbons (Fsp3) is 0.406. The van der Waals surface area contributed by atoms with E-state index in [4.69, 9.17) is 9.72 Å². The van der Waals surface area contributed by atoms with Gasteiger partial charge in [0.15, 0.2) is 6.61 Å². The number of anilines is 2. The second-order valence-corrected chi connectivity index (χ2v) is 12.3. The Balaban J connectivity index is 1.35. The van der Waals surface area contributed by atoms with Crippen LogP contribution < -0.4 is 20.1 Å². The van der Waals surface area contributed by atoms with Crippen molar-refractivity contribution in [1.29, 1.82) is 0 Å². The minimum absolute atomic E-state index is 0.0688. The van der Waals surface area contributed by atoms with Crippen molar-refractivity contribution in [3.63, 3.8) is 0 Å². The first-order valence-electron chi connectivity index (χ1n) is 14.6. The van der Waals surface area contributed by atoms with Crippen LogP contribution in [-0.2, 0) is 17.5 Å². The van der Waals surface area contributed by atoms with E-state index >= 15 is 0 Å². The van der Waals surface area contributed by atoms with Crippen molar-refractivity contribution in [2.45, 2.75) is 65.2 Å². The molecule has 46 heavy (non-hydrogen) atoms. The third-order valence-electron chi connectivity index (χ3n) is 7.75. The van der Waals surface area contributed by atoms with Gasteiger partial charge in [-0.2, -0.15) is 13.2 Å². The fourth-order valence-electron chi connectivity index (χ4n) is 6.21. The highest BCUT2D eigenvalue weighted by Crippen LogP contribution is 2.46. The number of carbonyl (C=O) groups excluding carboxylic acids is 1. The molecule has 0 saturated heterocycles. The summed E-state index contributed by atoms with van der Waals surface area (Å²) in [6.45, 7) is 5.77. The maximum Gasteiger partial charge on any atom is 0.573 e. The van der Waals surface area contributed by atoms with Crippen molar-refractivity contribution >= 4 is 28.6 Å². The van der Waals surface area contributed by atoms with Gasteiger partial charge in [-0.25, -0.2) is 4.98 Å². The quantitative estimate of drug-likeness (QED) is 0.178. The zero-order valence-corrected chi connectivity index (χ0v) is 25.3. The Morgan fingerprint density at radius 1 is 1.02 bits per heavy atom. The van der Waals surface area contributed by atoms with Gasteiger partial charge in [0.2, 0.25) is 5.95 Å². The number of nitrogens with one attached hydrogen (secondary N) is 2. The third-order valence-corrected chi connectivity index (χ3v) is 7.75. The normalized spacial score (nSPS) is 18.3. The molecule has 2 N–H and O–H groups in total. The molecule has 5 rings (SSSR count). The molecule has 0 radical (unpaired) electrons. The second-order valence-electron chi connectivity index (χ2n) is 12.3. The number of alkyl halides is 6. The van der Waals surface area contributed by atoms with E-state index < -0.39 is 37.2 Å². The van der Waals surface area contributed by atoms with Crippen molar-refractivity contribution < 1.29 is 40.6 Å². The number of fused-ring (bicyclic) bond motifs is 1. The zero-order valence-electron chi connectivity index (χ0n) is 25.3. The van der Waals surface area contributed by atoms with E-state index in [9.17, 15) is 31.1 Å². The molecular formula is C32H33F6N5O3. The number of nitrogens with zero attached hydrogens (tertiary/aromatic N) is 3. The number of hydrogen-bond acceptors (Lipinski definition) is 6. The third kappa shape index (κ3) is 8.20. The number of pyridine rings is 1. The summed E-state index contributed by atoms with van der Waals surface area (Å²) in [7, 11) is 0. The second kappa shape index (κ2) is 12.7. The average Bonchev–Trinajstić information content (AvgIpc) is 3.31. The Bertz CT molecular complexity index is 1680. The van der Waals surface area contributed by atoms with Crippen LogP contribution >= 0.6 is 0 Å². The summed E-state index contributed by atoms with van der Waals surface area (Å²) in [5, 5.41) is 5.64. The summed E-state index contributed by atoms with van der Waals surface area (Å²) in [4.78, 5) is 20.9. The van der Waals surface area contributed by atoms with Gasteiger partial charge in [-0.05, 0) is 79.1 Å². The summed E-state index contributed by atoms with van der Waals surface area (Å²) >= 11 is 0. The van der Waals surface area contributed by atoms with Crippen LogP contribution in [0.3, 0.4) is 0 Å². The van der Waals surface area contributed by atoms with Crippen LogP contribution in [0, 0.1) is 11.3 Å². The maximum absolute atomic E-state index is 13.2. The van der Waals surface area contributed by atoms with Crippen LogP contribution in [0.15, 0.2) is 60.8 Å². The van der Waals surface area contributed by atoms with Crippen molar-refractivity contribution in [1.82, 2.24) is 19.9 Å². The van der Waals surface area contributed by atoms with Crippen LogP contribution in [0.2, 0.25) is 0 Å². The van der Waals surface area contributed by atoms with E-state index in [1.54, 1.807) is 12.1 Å². The lowest BCUT2D eigenvalue weighted by Gasteiger charge is -2.40. The van der Waals surface area contributed by atoms with E-state index in [1.807, 2.05) is 6.07 Å². The van der Waals surface area contributed by atoms with Gasteiger partial charge in [-0.15, -0.1) is 13.2 Å². The highest BCUT2D eigenvalue weighted by Gasteiger charge is 2.36. The molecule has 2 heterocycles. The van der Waals surface area contributed by atoms with Crippen LogP contribution in [0.1, 0.15) is 57.3 Å². The number of hydrogen-bond donors (Lipinski definition) is 2. The lowest BCUT2D eigenvalue weighted by molar-refractivity contribution is -0.274. The Kier molecular flexibility index (Phi) is 9.09. The Hall–Kier alpha value is -4.49. The van der Waals surface area contributed by atoms with Gasteiger partial charge < -0.3 is 24.7 Å². The molecule has 8 nitrogen and oxygen atoms in total. The highest BCUT2D eigenvalue weighted by molar-refractivity contribution is 5.82. The minimum atomic E-state index is -4.80. The summed E-state index contributed by atoms with van der Waals surface area (Å²) in [6, 6.07) is 12.7. The van der Waals surface area contributed by atoms with Gasteiger partial charge >= 0.3 is 12.5 Å². The lowest BCUT2D eigenvalue weighted by atomic mass is 9.70. The van der Waals surface area contributed by atoms with Crippen molar-refractivity contribution in [3.05, 3.63) is 72.1 Å². The number of amides is 1. The molecule has 14 heteroatoms. The standard InChI is InChI=1S/C32H33F6N5O3/c1-19-13-21(16-30(2,3)15-19)43-27-11-10-23(45-18-28(44)40-17-26-24(31(33,34)35)5-4-12-39-26)14-25(27)42-29(43)41-20-6-8-22(9-7-20)46-32(36,37)38/h4-12,14,19,21H,13,15-18H2,1-3H3,(H,40,44)(H,41,42)/t19-,21+/m1/s1. The minimum Gasteiger partial charge on any atom is -0.484 e. The number of halogens is 6. The van der Waals surface area contributed by atoms with Crippen molar-refractivity contribution in [2.24, 2.45) is 11.3 Å². The van der Waals surface area contributed by atoms with Crippen molar-refractivity contribution in [3.8, 4) is 11.5 Å². The lowest BCUT2D eigenvalue weighted by Crippen LogP contribution is -2.30. The van der Waals surface area contributed by atoms with Crippen LogP contribution in [0.5, 0.6) is 11.5 Å². The zero-order chi connectivity index (χ0) is 33.3. The summed E-state index contributed by atoms with van der Waals surface area (Å²) < 4.78 is 89.3. The first kappa shape index (κ1) is 32.9. The Labute approximate surface area is 261 Å². The molecule has 246 valence electrons. The molecular weight excluding hydrogens is 616 g/mol. The molecule has 1 fully saturated rings. The molecule has 2 aromatic carbocycles. The van der Waals surface area contributed by atoms with Gasteiger partial charge in [-0.1, -0.05) is 20.8 Å². The molecule has 1 aliphatic rings. The number of imidazole rings is 1. The van der Waals surface area contributed by atoms with Gasteiger partial charge in [-0.3, -0.25) is 9.78 Å². The molecule has 1 amide bonds. The number of ether oxygens (including phenoxy) is 2. The first-order valence-corrected chi connectivity index (χ1v) is 14.6. The van der Waals surface area contributed by atoms with E-state index in [0.29, 0.717) is 28.8 Å². The molecule has 0 bridgehead atoms. The molecule has 0 unspecified atom stereocenters. The first-order chi connectivity index (χ1) is 21.6.